The number of ketones is 1. The summed E-state index contributed by atoms with van der Waals surface area (Å²) in [6.07, 6.45) is -11.5. The summed E-state index contributed by atoms with van der Waals surface area (Å²) in [5.74, 6) is -3.25. The van der Waals surface area contributed by atoms with Gasteiger partial charge in [0.25, 0.3) is 6.43 Å². The maximum atomic E-state index is 15.1. The zero-order chi connectivity index (χ0) is 28.5. The van der Waals surface area contributed by atoms with Crippen molar-refractivity contribution >= 4 is 30.2 Å². The van der Waals surface area contributed by atoms with E-state index in [9.17, 15) is 27.9 Å². The number of nitrogens with zero attached hydrogens (tertiary/aromatic N) is 1. The molecule has 1 amide bonds. The fourth-order valence-corrected chi connectivity index (χ4v) is 5.80. The maximum Gasteiger partial charge on any atom is 0.435 e. The van der Waals surface area contributed by atoms with Crippen LogP contribution in [0.2, 0.25) is 0 Å². The molecule has 0 bridgehead atoms. The number of aliphatic hydroxyl groups excluding tert-OH is 1. The molecule has 0 saturated carbocycles. The molecule has 0 spiro atoms. The second kappa shape index (κ2) is 11.3. The van der Waals surface area contributed by atoms with Gasteiger partial charge in [0.15, 0.2) is 23.8 Å². The fourth-order valence-electron chi connectivity index (χ4n) is 3.86. The number of carbonyl (C=O) groups excluding carboxylic acids is 2. The maximum absolute atomic E-state index is 15.1. The monoisotopic (exact) mass is 589 g/mol. The number of alkyl halides is 3. The summed E-state index contributed by atoms with van der Waals surface area (Å²) in [5, 5.41) is 10.5. The lowest BCUT2D eigenvalue weighted by Gasteiger charge is -2.34. The van der Waals surface area contributed by atoms with Gasteiger partial charge in [0.1, 0.15) is 17.6 Å². The topological polar surface area (TPSA) is 94.5 Å². The minimum atomic E-state index is -3.97. The van der Waals surface area contributed by atoms with Crippen LogP contribution in [-0.4, -0.2) is 58.8 Å². The van der Waals surface area contributed by atoms with Crippen molar-refractivity contribution in [1.29, 1.82) is 0 Å². The summed E-state index contributed by atoms with van der Waals surface area (Å²) < 4.78 is 80.2. The summed E-state index contributed by atoms with van der Waals surface area (Å²) in [5.41, 5.74) is -1.25. The first-order valence-corrected chi connectivity index (χ1v) is 14.2. The van der Waals surface area contributed by atoms with E-state index in [2.05, 4.69) is 0 Å². The van der Waals surface area contributed by atoms with Gasteiger partial charge in [0.2, 0.25) is 11.7 Å². The third kappa shape index (κ3) is 6.17. The van der Waals surface area contributed by atoms with Crippen LogP contribution >= 0.6 is 6.72 Å². The average molecular weight is 590 g/mol. The molecule has 2 aromatic rings. The number of Topliss-reactive ketones (excluding diaryl/α,β-unsaturated/α-hetero) is 1. The van der Waals surface area contributed by atoms with Gasteiger partial charge < -0.3 is 18.9 Å². The Morgan fingerprint density at radius 2 is 1.59 bits per heavy atom. The van der Waals surface area contributed by atoms with E-state index in [1.165, 1.54) is 0 Å². The predicted molar refractivity (Wildman–Crippen MR) is 134 cm³/mol. The molecule has 0 unspecified atom stereocenters. The lowest BCUT2D eigenvalue weighted by atomic mass is 9.97. The Labute approximate surface area is 226 Å². The highest BCUT2D eigenvalue weighted by molar-refractivity contribution is 8.07. The first-order chi connectivity index (χ1) is 18.3. The Kier molecular flexibility index (Phi) is 8.48. The molecule has 14 heteroatoms. The van der Waals surface area contributed by atoms with Crippen LogP contribution in [0.1, 0.15) is 17.5 Å². The molecule has 1 saturated heterocycles. The molecule has 2 aliphatic heterocycles. The summed E-state index contributed by atoms with van der Waals surface area (Å²) in [7, 11) is 0. The van der Waals surface area contributed by atoms with Gasteiger partial charge in [-0.25, -0.2) is 17.6 Å². The molecule has 0 aromatic heterocycles. The summed E-state index contributed by atoms with van der Waals surface area (Å²) in [6.45, 7) is -1.52. The van der Waals surface area contributed by atoms with E-state index in [1.807, 2.05) is 13.8 Å². The lowest BCUT2D eigenvalue weighted by molar-refractivity contribution is -0.199. The molecule has 4 atom stereocenters. The highest BCUT2D eigenvalue weighted by Crippen LogP contribution is 2.52. The Hall–Kier alpha value is -2.83. The third-order valence-electron chi connectivity index (χ3n) is 6.10. The first kappa shape index (κ1) is 29.2. The zero-order valence-electron chi connectivity index (χ0n) is 20.6. The normalized spacial score (nSPS) is 25.7. The molecule has 0 radical (unpaired) electrons. The van der Waals surface area contributed by atoms with E-state index in [4.69, 9.17) is 30.1 Å². The van der Waals surface area contributed by atoms with Crippen molar-refractivity contribution in [3.8, 4) is 11.5 Å². The fraction of sp³-hybridized carbons (Fsp3) is 0.360. The Balaban J connectivity index is 1.62. The van der Waals surface area contributed by atoms with Crippen molar-refractivity contribution in [1.82, 2.24) is 4.90 Å². The van der Waals surface area contributed by atoms with E-state index < -0.39 is 67.8 Å². The number of aliphatic hydroxyl groups is 1. The number of aryl methyl sites for hydroxylation is 2. The number of benzene rings is 2. The first-order valence-electron chi connectivity index (χ1n) is 11.6. The molecular weight excluding hydrogens is 565 g/mol. The van der Waals surface area contributed by atoms with Crippen LogP contribution in [-0.2, 0) is 30.7 Å². The summed E-state index contributed by atoms with van der Waals surface area (Å²) in [4.78, 5) is 24.0. The van der Waals surface area contributed by atoms with Crippen molar-refractivity contribution in [3.05, 3.63) is 71.7 Å². The van der Waals surface area contributed by atoms with Crippen LogP contribution in [0.25, 0.3) is 0 Å². The van der Waals surface area contributed by atoms with Gasteiger partial charge in [-0.15, -0.1) is 0 Å². The number of hydrogen-bond donors (Lipinski definition) is 1. The van der Waals surface area contributed by atoms with Crippen molar-refractivity contribution in [3.63, 3.8) is 0 Å². The second-order valence-electron chi connectivity index (χ2n) is 9.06. The Morgan fingerprint density at radius 1 is 1.08 bits per heavy atom. The van der Waals surface area contributed by atoms with Gasteiger partial charge in [0.05, 0.1) is 13.0 Å². The minimum Gasteiger partial charge on any atom is -0.416 e. The van der Waals surface area contributed by atoms with Crippen molar-refractivity contribution in [2.45, 2.75) is 50.8 Å². The molecule has 2 heterocycles. The van der Waals surface area contributed by atoms with Crippen molar-refractivity contribution < 1.29 is 50.6 Å². The molecule has 1 N–H and O–H groups in total. The SMILES string of the molecule is Cc1ccc(OP(=S)(OC[C@@]2(C(F)F)O[C@@H](N3C=C(F)C(=O)CC3=O)[C@H](F)[C@@H]2O)Oc2ccc(C)cc2)cc1. The molecule has 2 aromatic carbocycles. The predicted octanol–water partition coefficient (Wildman–Crippen LogP) is 4.67. The number of hydrogen-bond acceptors (Lipinski definition) is 8. The smallest absolute Gasteiger partial charge is 0.416 e. The number of carbonyl (C=O) groups is 2. The average Bonchev–Trinajstić information content (AvgIpc) is 3.14. The van der Waals surface area contributed by atoms with Gasteiger partial charge in [-0.2, -0.15) is 0 Å². The molecule has 2 aliphatic rings. The number of allylic oxidation sites excluding steroid dienone is 1. The molecule has 39 heavy (non-hydrogen) atoms. The van der Waals surface area contributed by atoms with E-state index in [-0.39, 0.29) is 11.5 Å². The lowest BCUT2D eigenvalue weighted by Crippen LogP contribution is -2.52. The second-order valence-corrected chi connectivity index (χ2v) is 11.9. The minimum absolute atomic E-state index is 0.195. The third-order valence-corrected chi connectivity index (χ3v) is 8.18. The molecule has 8 nitrogen and oxygen atoms in total. The van der Waals surface area contributed by atoms with E-state index in [0.29, 0.717) is 11.1 Å². The summed E-state index contributed by atoms with van der Waals surface area (Å²) in [6, 6.07) is 13.0. The van der Waals surface area contributed by atoms with Crippen molar-refractivity contribution in [2.75, 3.05) is 6.61 Å². The van der Waals surface area contributed by atoms with Crippen LogP contribution < -0.4 is 9.05 Å². The standard InChI is InChI=1S/C25H24F4NO7PS/c1-14-3-7-16(8-4-14)36-38(39,37-17-9-5-15(2)6-10-17)34-13-25(24(28)29)22(33)21(27)23(35-25)30-12-18(26)19(31)11-20(30)32/h3-10,12,21-24,33H,11,13H2,1-2H3/t21-,22+,23-,25-/m1/s1. The van der Waals surface area contributed by atoms with Gasteiger partial charge >= 0.3 is 6.72 Å². The van der Waals surface area contributed by atoms with Gasteiger partial charge in [-0.1, -0.05) is 35.4 Å². The number of amides is 1. The Morgan fingerprint density at radius 3 is 2.08 bits per heavy atom. The quantitative estimate of drug-likeness (QED) is 0.256. The zero-order valence-corrected chi connectivity index (χ0v) is 22.3. The van der Waals surface area contributed by atoms with Crippen LogP contribution in [0.15, 0.2) is 60.6 Å². The van der Waals surface area contributed by atoms with Crippen LogP contribution in [0.3, 0.4) is 0 Å². The van der Waals surface area contributed by atoms with Gasteiger partial charge in [0, 0.05) is 18.0 Å². The molecule has 1 fully saturated rings. The molecule has 0 aliphatic carbocycles. The van der Waals surface area contributed by atoms with Gasteiger partial charge in [-0.3, -0.25) is 19.0 Å². The van der Waals surface area contributed by atoms with E-state index >= 15 is 4.39 Å². The highest BCUT2D eigenvalue weighted by atomic mass is 32.5. The Bertz CT molecular complexity index is 1260. The number of ether oxygens (including phenoxy) is 1. The molecular formula is C25H24F4NO7PS. The summed E-state index contributed by atoms with van der Waals surface area (Å²) >= 11 is 5.48. The molecule has 210 valence electrons. The van der Waals surface area contributed by atoms with Gasteiger partial charge in [-0.05, 0) is 38.1 Å². The van der Waals surface area contributed by atoms with Crippen LogP contribution in [0.5, 0.6) is 11.5 Å². The number of halogens is 4. The van der Waals surface area contributed by atoms with E-state index in [0.717, 1.165) is 11.1 Å². The number of rotatable bonds is 9. The largest absolute Gasteiger partial charge is 0.435 e. The van der Waals surface area contributed by atoms with Crippen LogP contribution in [0.4, 0.5) is 17.6 Å². The van der Waals surface area contributed by atoms with Crippen molar-refractivity contribution in [2.24, 2.45) is 0 Å². The molecule has 4 rings (SSSR count). The van der Waals surface area contributed by atoms with E-state index in [1.54, 1.807) is 48.5 Å². The highest BCUT2D eigenvalue weighted by Gasteiger charge is 2.63. The van der Waals surface area contributed by atoms with Crippen LogP contribution in [0, 0.1) is 13.8 Å².